The zero-order valence-corrected chi connectivity index (χ0v) is 50.2. The molecule has 0 amide bonds. The predicted molar refractivity (Wildman–Crippen MR) is 337 cm³/mol. The molecular weight excluding hydrogens is 1000 g/mol. The molecule has 0 N–H and O–H groups in total. The van der Waals surface area contributed by atoms with Crippen LogP contribution in [0.15, 0.2) is 174 Å². The average molecular weight is 1100 g/mol. The lowest BCUT2D eigenvalue weighted by atomic mass is 9.80. The molecular formula is C73H90O8. The number of aryl methyl sites for hydroxylation is 4. The van der Waals surface area contributed by atoms with E-state index in [2.05, 4.69) is 39.8 Å². The Labute approximate surface area is 482 Å². The van der Waals surface area contributed by atoms with E-state index in [-0.39, 0.29) is 32.6 Å². The largest absolute Gasteiger partial charge is 0.493 e. The fraction of sp³-hybridized carbons (Fsp3) is 0.425. The molecule has 0 spiro atoms. The summed E-state index contributed by atoms with van der Waals surface area (Å²) in [5.41, 5.74) is 10.9. The van der Waals surface area contributed by atoms with Crippen molar-refractivity contribution in [2.75, 3.05) is 14.2 Å². The number of methoxy groups -OCH3 is 2. The van der Waals surface area contributed by atoms with Gasteiger partial charge in [0.1, 0.15) is 0 Å². The van der Waals surface area contributed by atoms with Crippen molar-refractivity contribution in [3.8, 4) is 11.5 Å². The van der Waals surface area contributed by atoms with E-state index in [9.17, 15) is 28.8 Å². The zero-order valence-electron chi connectivity index (χ0n) is 50.2. The summed E-state index contributed by atoms with van der Waals surface area (Å²) in [6.45, 7) is 15.9. The van der Waals surface area contributed by atoms with Gasteiger partial charge in [-0.25, -0.2) is 0 Å². The number of rotatable bonds is 9. The first-order valence-electron chi connectivity index (χ1n) is 29.7. The minimum atomic E-state index is -0.0191. The Kier molecular flexibility index (Phi) is 26.9. The van der Waals surface area contributed by atoms with Crippen molar-refractivity contribution in [1.29, 1.82) is 0 Å². The second kappa shape index (κ2) is 33.6. The minimum Gasteiger partial charge on any atom is -0.493 e. The SMILES string of the molecule is CCC(C)c1cccc(C)c(=O)c1.COc1cccc(C2CC2)cc1=O.COc1cccc(C2CCCC2)cc1=O.Cc1cccc(C(C)C)cc1=O.Cc1cccc(C2CCC2)cc1=O.Cc1cccc(C2CCCCC2)cc1=O. The van der Waals surface area contributed by atoms with Gasteiger partial charge < -0.3 is 9.47 Å². The molecule has 0 heterocycles. The Hall–Kier alpha value is -7.06. The zero-order chi connectivity index (χ0) is 58.8. The van der Waals surface area contributed by atoms with E-state index in [0.717, 1.165) is 45.4 Å². The molecule has 4 saturated carbocycles. The molecule has 1 atom stereocenters. The Morgan fingerprint density at radius 2 is 0.654 bits per heavy atom. The van der Waals surface area contributed by atoms with E-state index in [1.807, 2.05) is 119 Å². The molecule has 1 unspecified atom stereocenters. The van der Waals surface area contributed by atoms with Crippen molar-refractivity contribution in [1.82, 2.24) is 0 Å². The van der Waals surface area contributed by atoms with E-state index < -0.39 is 0 Å². The molecule has 10 rings (SSSR count). The van der Waals surface area contributed by atoms with Gasteiger partial charge in [-0.05, 0) is 225 Å². The smallest absolute Gasteiger partial charge is 0.220 e. The maximum Gasteiger partial charge on any atom is 0.220 e. The van der Waals surface area contributed by atoms with Gasteiger partial charge in [0.25, 0.3) is 0 Å². The molecule has 0 aliphatic heterocycles. The first-order valence-corrected chi connectivity index (χ1v) is 29.7. The number of hydrogen-bond donors (Lipinski definition) is 0. The van der Waals surface area contributed by atoms with E-state index in [0.29, 0.717) is 47.0 Å². The lowest BCUT2D eigenvalue weighted by Gasteiger charge is -2.24. The van der Waals surface area contributed by atoms with Crippen LogP contribution < -0.4 is 42.0 Å². The van der Waals surface area contributed by atoms with Gasteiger partial charge in [-0.3, -0.25) is 28.8 Å². The van der Waals surface area contributed by atoms with Gasteiger partial charge in [-0.15, -0.1) is 0 Å². The van der Waals surface area contributed by atoms with Crippen LogP contribution in [0.1, 0.15) is 215 Å². The summed E-state index contributed by atoms with van der Waals surface area (Å²) in [4.78, 5) is 69.2. The van der Waals surface area contributed by atoms with Crippen molar-refractivity contribution in [3.05, 3.63) is 263 Å². The van der Waals surface area contributed by atoms with Crippen LogP contribution in [0.25, 0.3) is 0 Å². The van der Waals surface area contributed by atoms with E-state index in [1.165, 1.54) is 121 Å². The summed E-state index contributed by atoms with van der Waals surface area (Å²) in [6.07, 6.45) is 18.8. The quantitative estimate of drug-likeness (QED) is 0.140. The number of hydrogen-bond acceptors (Lipinski definition) is 8. The fourth-order valence-corrected chi connectivity index (χ4v) is 10.1. The summed E-state index contributed by atoms with van der Waals surface area (Å²) in [6, 6.07) is 45.5. The Morgan fingerprint density at radius 1 is 0.358 bits per heavy atom. The molecule has 4 fully saturated rings. The summed E-state index contributed by atoms with van der Waals surface area (Å²) < 4.78 is 9.96. The molecule has 0 bridgehead atoms. The molecule has 4 aliphatic rings. The first-order chi connectivity index (χ1) is 38.9. The minimum absolute atomic E-state index is 0.00981. The second-order valence-electron chi connectivity index (χ2n) is 22.8. The highest BCUT2D eigenvalue weighted by molar-refractivity contribution is 5.31. The average Bonchev–Trinajstić information content (AvgIpc) is 4.37. The van der Waals surface area contributed by atoms with Crippen LogP contribution in [0, 0.1) is 27.7 Å². The Bertz CT molecular complexity index is 3270. The normalized spacial score (nSPS) is 15.0. The van der Waals surface area contributed by atoms with Crippen molar-refractivity contribution in [3.63, 3.8) is 0 Å². The number of ether oxygens (including phenoxy) is 2. The fourth-order valence-electron chi connectivity index (χ4n) is 10.1. The topological polar surface area (TPSA) is 121 Å². The van der Waals surface area contributed by atoms with Crippen LogP contribution in [0.4, 0.5) is 0 Å². The highest BCUT2D eigenvalue weighted by Gasteiger charge is 2.23. The monoisotopic (exact) mass is 1090 g/mol. The van der Waals surface area contributed by atoms with Gasteiger partial charge in [0.05, 0.1) is 14.2 Å². The second-order valence-corrected chi connectivity index (χ2v) is 22.8. The molecule has 8 nitrogen and oxygen atoms in total. The van der Waals surface area contributed by atoms with Gasteiger partial charge >= 0.3 is 0 Å². The summed E-state index contributed by atoms with van der Waals surface area (Å²) in [7, 11) is 3.06. The third-order valence-electron chi connectivity index (χ3n) is 16.3. The summed E-state index contributed by atoms with van der Waals surface area (Å²) in [5, 5.41) is 0. The first kappa shape index (κ1) is 64.8. The summed E-state index contributed by atoms with van der Waals surface area (Å²) >= 11 is 0. The Balaban J connectivity index is 0.000000179. The van der Waals surface area contributed by atoms with Gasteiger partial charge in [-0.1, -0.05) is 163 Å². The predicted octanol–water partition coefficient (Wildman–Crippen LogP) is 16.0. The van der Waals surface area contributed by atoms with Crippen LogP contribution >= 0.6 is 0 Å². The van der Waals surface area contributed by atoms with E-state index >= 15 is 0 Å². The molecule has 4 aliphatic carbocycles. The maximum absolute atomic E-state index is 11.7. The summed E-state index contributed by atoms with van der Waals surface area (Å²) in [5.74, 6) is 4.22. The van der Waals surface area contributed by atoms with Gasteiger partial charge in [-0.2, -0.15) is 0 Å². The van der Waals surface area contributed by atoms with Gasteiger partial charge in [0, 0.05) is 0 Å². The molecule has 6 aromatic rings. The van der Waals surface area contributed by atoms with E-state index in [4.69, 9.17) is 9.47 Å². The highest BCUT2D eigenvalue weighted by Crippen LogP contribution is 2.39. The highest BCUT2D eigenvalue weighted by atomic mass is 16.5. The lowest BCUT2D eigenvalue weighted by Crippen LogP contribution is -2.10. The van der Waals surface area contributed by atoms with Crippen molar-refractivity contribution < 1.29 is 9.47 Å². The van der Waals surface area contributed by atoms with Crippen LogP contribution in [0.3, 0.4) is 0 Å². The lowest BCUT2D eigenvalue weighted by molar-refractivity contribution is 0.411. The Morgan fingerprint density at radius 3 is 0.988 bits per heavy atom. The molecule has 81 heavy (non-hydrogen) atoms. The molecule has 0 saturated heterocycles. The van der Waals surface area contributed by atoms with Crippen LogP contribution in [0.2, 0.25) is 0 Å². The molecule has 0 radical (unpaired) electrons. The van der Waals surface area contributed by atoms with Crippen molar-refractivity contribution in [2.45, 2.75) is 187 Å². The third-order valence-corrected chi connectivity index (χ3v) is 16.3. The standard InChI is InChI=1S/C14H18O.C13H16O2.C12H14O.C12H16O.C11H12O2.C11H14O/c1-11-6-5-9-13(10-14(11)15)12-7-3-2-4-8-12;1-15-13-8-4-7-11(9-12(13)14)10-5-2-3-6-10;1-9-4-2-7-11(8-12(9)13)10-5-3-6-10;1-4-9(2)11-7-5-6-10(3)12(13)8-11;1-13-11-4-2-3-9(7-10(11)12)8-5-6-8;1-8(2)10-6-4-5-9(3)11(12)7-10/h5-6,9-10,12H,2-4,7-8H2,1H3;4,7-10H,2-3,5-6H2,1H3;2,4,7-8,10H,3,5-6H2,1H3;5-9H,4H2,1-3H3;2-4,7-8H,5-6H2,1H3;4-8H,1-3H3. The van der Waals surface area contributed by atoms with Crippen molar-refractivity contribution in [2.24, 2.45) is 0 Å². The van der Waals surface area contributed by atoms with Crippen molar-refractivity contribution >= 4 is 0 Å². The van der Waals surface area contributed by atoms with Gasteiger partial charge in [0.2, 0.25) is 10.9 Å². The third kappa shape index (κ3) is 21.4. The van der Waals surface area contributed by atoms with E-state index in [1.54, 1.807) is 42.5 Å². The van der Waals surface area contributed by atoms with Crippen LogP contribution in [-0.4, -0.2) is 14.2 Å². The van der Waals surface area contributed by atoms with Gasteiger partial charge in [0.15, 0.2) is 33.2 Å². The molecule has 8 heteroatoms. The molecule has 0 aromatic heterocycles. The molecule has 6 aromatic carbocycles. The van der Waals surface area contributed by atoms with Crippen LogP contribution in [0.5, 0.6) is 11.5 Å². The van der Waals surface area contributed by atoms with Crippen LogP contribution in [-0.2, 0) is 0 Å². The molecule has 430 valence electrons. The maximum atomic E-state index is 11.7.